The Balaban J connectivity index is 2.86. The second-order valence-electron chi connectivity index (χ2n) is 3.37. The third kappa shape index (κ3) is 3.20. The van der Waals surface area contributed by atoms with Gasteiger partial charge in [-0.1, -0.05) is 31.2 Å². The molecule has 3 nitrogen and oxygen atoms in total. The molecule has 0 bridgehead atoms. The molecule has 0 fully saturated rings. The van der Waals surface area contributed by atoms with Gasteiger partial charge < -0.3 is 0 Å². The normalized spacial score (nSPS) is 11.3. The summed E-state index contributed by atoms with van der Waals surface area (Å²) in [5.74, 6) is 0. The Morgan fingerprint density at radius 2 is 1.93 bits per heavy atom. The number of hydrazone groups is 2. The fourth-order valence-corrected chi connectivity index (χ4v) is 1.29. The molecule has 0 amide bonds. The average molecular weight is 203 g/mol. The van der Waals surface area contributed by atoms with Crippen LogP contribution in [0.5, 0.6) is 0 Å². The fraction of sp³-hybridized carbons (Fsp3) is 0.333. The van der Waals surface area contributed by atoms with Gasteiger partial charge >= 0.3 is 0 Å². The van der Waals surface area contributed by atoms with E-state index in [0.29, 0.717) is 0 Å². The zero-order valence-electron chi connectivity index (χ0n) is 9.57. The van der Waals surface area contributed by atoms with Crippen molar-refractivity contribution in [1.29, 1.82) is 0 Å². The van der Waals surface area contributed by atoms with Gasteiger partial charge in [-0.2, -0.15) is 15.3 Å². The minimum Gasteiger partial charge on any atom is -0.189 e. The van der Waals surface area contributed by atoms with Gasteiger partial charge in [0.05, 0.1) is 5.71 Å². The molecule has 0 radical (unpaired) electrons. The zero-order valence-corrected chi connectivity index (χ0v) is 9.57. The van der Waals surface area contributed by atoms with Gasteiger partial charge in [-0.05, 0) is 24.5 Å². The van der Waals surface area contributed by atoms with E-state index in [1.807, 2.05) is 6.92 Å². The van der Waals surface area contributed by atoms with Gasteiger partial charge in [-0.3, -0.25) is 0 Å². The summed E-state index contributed by atoms with van der Waals surface area (Å²) in [4.78, 5) is 0. The second-order valence-corrected chi connectivity index (χ2v) is 3.37. The van der Waals surface area contributed by atoms with Gasteiger partial charge in [0.25, 0.3) is 0 Å². The van der Waals surface area contributed by atoms with Crippen molar-refractivity contribution in [3.63, 3.8) is 0 Å². The van der Waals surface area contributed by atoms with Crippen LogP contribution >= 0.6 is 0 Å². The molecule has 1 rings (SSSR count). The molecule has 0 N–H and O–H groups in total. The van der Waals surface area contributed by atoms with Gasteiger partial charge in [-0.25, -0.2) is 0 Å². The maximum absolute atomic E-state index is 4.24. The first-order valence-corrected chi connectivity index (χ1v) is 5.02. The Bertz CT molecular complexity index is 352. The van der Waals surface area contributed by atoms with Gasteiger partial charge in [0.2, 0.25) is 0 Å². The summed E-state index contributed by atoms with van der Waals surface area (Å²) in [6.07, 6.45) is 1.06. The molecule has 0 aliphatic carbocycles. The fourth-order valence-electron chi connectivity index (χ4n) is 1.29. The van der Waals surface area contributed by atoms with Gasteiger partial charge in [0, 0.05) is 13.8 Å². The van der Waals surface area contributed by atoms with Crippen LogP contribution in [0.25, 0.3) is 0 Å². The highest BCUT2D eigenvalue weighted by Crippen LogP contribution is 2.06. The van der Waals surface area contributed by atoms with E-state index < -0.39 is 0 Å². The van der Waals surface area contributed by atoms with Crippen molar-refractivity contribution in [2.75, 3.05) is 7.05 Å². The summed E-state index contributed by atoms with van der Waals surface area (Å²) in [5.41, 5.74) is 3.39. The second kappa shape index (κ2) is 5.29. The van der Waals surface area contributed by atoms with E-state index in [1.54, 1.807) is 7.05 Å². The van der Waals surface area contributed by atoms with E-state index in [2.05, 4.69) is 48.1 Å². The number of benzene rings is 1. The predicted molar refractivity (Wildman–Crippen MR) is 65.3 cm³/mol. The molecule has 80 valence electrons. The molecule has 0 heterocycles. The highest BCUT2D eigenvalue weighted by atomic mass is 15.6. The topological polar surface area (TPSA) is 28.0 Å². The van der Waals surface area contributed by atoms with E-state index >= 15 is 0 Å². The van der Waals surface area contributed by atoms with Crippen molar-refractivity contribution in [2.45, 2.75) is 20.3 Å². The minimum atomic E-state index is 0.938. The number of rotatable bonds is 4. The lowest BCUT2D eigenvalue weighted by Gasteiger charge is -2.07. The number of hydrogen-bond donors (Lipinski definition) is 0. The summed E-state index contributed by atoms with van der Waals surface area (Å²) in [7, 11) is 1.76. The van der Waals surface area contributed by atoms with Crippen LogP contribution in [0.15, 0.2) is 34.5 Å². The number of aryl methyl sites for hydroxylation is 1. The molecule has 0 saturated carbocycles. The van der Waals surface area contributed by atoms with Crippen LogP contribution in [0.3, 0.4) is 0 Å². The first kappa shape index (κ1) is 11.4. The van der Waals surface area contributed by atoms with Crippen molar-refractivity contribution in [3.8, 4) is 0 Å². The zero-order chi connectivity index (χ0) is 11.3. The summed E-state index contributed by atoms with van der Waals surface area (Å²) < 4.78 is 0. The first-order chi connectivity index (χ1) is 7.17. The maximum Gasteiger partial charge on any atom is 0.0667 e. The summed E-state index contributed by atoms with van der Waals surface area (Å²) in [5, 5.41) is 9.39. The highest BCUT2D eigenvalue weighted by Gasteiger charge is 1.98. The van der Waals surface area contributed by atoms with Gasteiger partial charge in [-0.15, -0.1) is 0 Å². The lowest BCUT2D eigenvalue weighted by Crippen LogP contribution is -2.06. The molecule has 0 saturated heterocycles. The predicted octanol–water partition coefficient (Wildman–Crippen LogP) is 2.52. The Kier molecular flexibility index (Phi) is 4.03. The van der Waals surface area contributed by atoms with Crippen LogP contribution in [-0.4, -0.2) is 24.6 Å². The summed E-state index contributed by atoms with van der Waals surface area (Å²) >= 11 is 0. The number of nitrogens with zero attached hydrogens (tertiary/aromatic N) is 3. The van der Waals surface area contributed by atoms with Gasteiger partial charge in [0.15, 0.2) is 0 Å². The van der Waals surface area contributed by atoms with E-state index in [-0.39, 0.29) is 0 Å². The Labute approximate surface area is 91.1 Å². The molecular formula is C12H17N3. The third-order valence-corrected chi connectivity index (χ3v) is 2.28. The SMILES string of the molecule is C=NN(C)/N=C(\C)c1ccc(CC)cc1. The largest absolute Gasteiger partial charge is 0.189 e. The van der Waals surface area contributed by atoms with Crippen LogP contribution in [0, 0.1) is 0 Å². The van der Waals surface area contributed by atoms with Crippen LogP contribution in [0.1, 0.15) is 25.0 Å². The molecule has 0 aliphatic heterocycles. The van der Waals surface area contributed by atoms with E-state index in [1.165, 1.54) is 10.7 Å². The minimum absolute atomic E-state index is 0.938. The molecule has 0 unspecified atom stereocenters. The van der Waals surface area contributed by atoms with Gasteiger partial charge in [0.1, 0.15) is 0 Å². The molecule has 1 aromatic rings. The summed E-state index contributed by atoms with van der Waals surface area (Å²) in [6, 6.07) is 8.40. The smallest absolute Gasteiger partial charge is 0.0667 e. The molecule has 0 atom stereocenters. The molecule has 15 heavy (non-hydrogen) atoms. The Hall–Kier alpha value is -1.64. The molecule has 0 aromatic heterocycles. The first-order valence-electron chi connectivity index (χ1n) is 5.02. The van der Waals surface area contributed by atoms with E-state index in [4.69, 9.17) is 0 Å². The molecular weight excluding hydrogens is 186 g/mol. The van der Waals surface area contributed by atoms with Crippen molar-refractivity contribution in [1.82, 2.24) is 5.12 Å². The van der Waals surface area contributed by atoms with Crippen molar-refractivity contribution in [2.24, 2.45) is 10.2 Å². The monoisotopic (exact) mass is 203 g/mol. The van der Waals surface area contributed by atoms with Crippen LogP contribution in [0.4, 0.5) is 0 Å². The van der Waals surface area contributed by atoms with Crippen LogP contribution < -0.4 is 0 Å². The third-order valence-electron chi connectivity index (χ3n) is 2.28. The van der Waals surface area contributed by atoms with Crippen molar-refractivity contribution < 1.29 is 0 Å². The quantitative estimate of drug-likeness (QED) is 0.546. The van der Waals surface area contributed by atoms with Crippen LogP contribution in [-0.2, 0) is 6.42 Å². The lowest BCUT2D eigenvalue weighted by atomic mass is 10.1. The standard InChI is InChI=1S/C12H17N3/c1-5-11-6-8-12(9-7-11)10(2)14-15(4)13-3/h6-9H,3,5H2,1-2,4H3/b14-10+. The average Bonchev–Trinajstić information content (AvgIpc) is 2.29. The van der Waals surface area contributed by atoms with Crippen molar-refractivity contribution >= 4 is 12.4 Å². The molecule has 0 aliphatic rings. The van der Waals surface area contributed by atoms with E-state index in [0.717, 1.165) is 17.7 Å². The van der Waals surface area contributed by atoms with Crippen LogP contribution in [0.2, 0.25) is 0 Å². The Morgan fingerprint density at radius 3 is 2.40 bits per heavy atom. The molecule has 1 aromatic carbocycles. The highest BCUT2D eigenvalue weighted by molar-refractivity contribution is 5.98. The van der Waals surface area contributed by atoms with E-state index in [9.17, 15) is 0 Å². The Morgan fingerprint density at radius 1 is 1.33 bits per heavy atom. The maximum atomic E-state index is 4.24. The number of hydrogen-bond acceptors (Lipinski definition) is 3. The molecule has 0 spiro atoms. The molecule has 3 heteroatoms. The summed E-state index contributed by atoms with van der Waals surface area (Å²) in [6.45, 7) is 7.51. The van der Waals surface area contributed by atoms with Crippen molar-refractivity contribution in [3.05, 3.63) is 35.4 Å². The lowest BCUT2D eigenvalue weighted by molar-refractivity contribution is 0.381.